The van der Waals surface area contributed by atoms with Crippen molar-refractivity contribution >= 4 is 32.6 Å². The van der Waals surface area contributed by atoms with Gasteiger partial charge in [-0.15, -0.1) is 0 Å². The Balaban J connectivity index is 2.23. The summed E-state index contributed by atoms with van der Waals surface area (Å²) >= 11 is 0. The van der Waals surface area contributed by atoms with Crippen LogP contribution in [0.4, 0.5) is 15.9 Å². The van der Waals surface area contributed by atoms with Crippen molar-refractivity contribution in [3.05, 3.63) is 30.3 Å². The van der Waals surface area contributed by atoms with Crippen LogP contribution in [0.3, 0.4) is 0 Å². The van der Waals surface area contributed by atoms with E-state index >= 15 is 0 Å². The second kappa shape index (κ2) is 5.16. The van der Waals surface area contributed by atoms with Crippen LogP contribution in [0.5, 0.6) is 0 Å². The van der Waals surface area contributed by atoms with Gasteiger partial charge in [0.1, 0.15) is 23.7 Å². The maximum Gasteiger partial charge on any atom is 0.229 e. The SMILES string of the molecule is Cn1nc(-c2cc(F)cc(NS(C)(=O)=O)c2)c2c(N)ncnc21. The van der Waals surface area contributed by atoms with E-state index in [1.165, 1.54) is 23.1 Å². The molecule has 0 aliphatic carbocycles. The van der Waals surface area contributed by atoms with Gasteiger partial charge in [-0.2, -0.15) is 5.10 Å². The highest BCUT2D eigenvalue weighted by atomic mass is 32.2. The molecule has 2 aromatic heterocycles. The number of hydrogen-bond acceptors (Lipinski definition) is 6. The molecule has 0 saturated carbocycles. The van der Waals surface area contributed by atoms with E-state index in [0.29, 0.717) is 22.3 Å². The summed E-state index contributed by atoms with van der Waals surface area (Å²) in [5.74, 6) is -0.400. The van der Waals surface area contributed by atoms with Crippen LogP contribution in [0, 0.1) is 5.82 Å². The summed E-state index contributed by atoms with van der Waals surface area (Å²) in [4.78, 5) is 8.02. The van der Waals surface area contributed by atoms with E-state index in [2.05, 4.69) is 19.8 Å². The Hall–Kier alpha value is -2.75. The predicted molar refractivity (Wildman–Crippen MR) is 84.6 cm³/mol. The third-order valence-corrected chi connectivity index (χ3v) is 3.73. The Labute approximate surface area is 131 Å². The van der Waals surface area contributed by atoms with Crippen molar-refractivity contribution in [2.24, 2.45) is 7.05 Å². The van der Waals surface area contributed by atoms with Gasteiger partial charge in [0, 0.05) is 12.6 Å². The van der Waals surface area contributed by atoms with Crippen LogP contribution < -0.4 is 10.5 Å². The fourth-order valence-electron chi connectivity index (χ4n) is 2.31. The first kappa shape index (κ1) is 15.2. The number of nitrogens with two attached hydrogens (primary N) is 1. The fourth-order valence-corrected chi connectivity index (χ4v) is 2.86. The van der Waals surface area contributed by atoms with Gasteiger partial charge in [-0.25, -0.2) is 27.5 Å². The van der Waals surface area contributed by atoms with Gasteiger partial charge in [-0.1, -0.05) is 0 Å². The van der Waals surface area contributed by atoms with Crippen molar-refractivity contribution in [2.75, 3.05) is 16.7 Å². The van der Waals surface area contributed by atoms with Crippen molar-refractivity contribution in [2.45, 2.75) is 0 Å². The first-order valence-electron chi connectivity index (χ1n) is 6.46. The largest absolute Gasteiger partial charge is 0.383 e. The molecule has 0 spiro atoms. The summed E-state index contributed by atoms with van der Waals surface area (Å²) in [5.41, 5.74) is 7.20. The molecule has 120 valence electrons. The van der Waals surface area contributed by atoms with Gasteiger partial charge in [0.2, 0.25) is 10.0 Å². The number of fused-ring (bicyclic) bond motifs is 1. The minimum absolute atomic E-state index is 0.0942. The molecule has 0 atom stereocenters. The minimum atomic E-state index is -3.53. The summed E-state index contributed by atoms with van der Waals surface area (Å²) in [6.07, 6.45) is 2.30. The second-order valence-electron chi connectivity index (χ2n) is 5.03. The van der Waals surface area contributed by atoms with E-state index < -0.39 is 15.8 Å². The predicted octanol–water partition coefficient (Wildman–Crippen LogP) is 1.12. The number of nitrogens with zero attached hydrogens (tertiary/aromatic N) is 4. The lowest BCUT2D eigenvalue weighted by Gasteiger charge is -2.06. The molecule has 0 radical (unpaired) electrons. The highest BCUT2D eigenvalue weighted by Gasteiger charge is 2.17. The maximum atomic E-state index is 13.9. The number of nitrogen functional groups attached to an aromatic ring is 1. The molecule has 10 heteroatoms. The lowest BCUT2D eigenvalue weighted by atomic mass is 10.1. The Morgan fingerprint density at radius 1 is 1.26 bits per heavy atom. The summed E-state index contributed by atoms with van der Waals surface area (Å²) in [7, 11) is -1.86. The maximum absolute atomic E-state index is 13.9. The summed E-state index contributed by atoms with van der Waals surface area (Å²) in [6, 6.07) is 3.79. The molecule has 3 rings (SSSR count). The van der Waals surface area contributed by atoms with Crippen molar-refractivity contribution < 1.29 is 12.8 Å². The van der Waals surface area contributed by atoms with Crippen LogP contribution in [0.25, 0.3) is 22.3 Å². The molecule has 23 heavy (non-hydrogen) atoms. The topological polar surface area (TPSA) is 116 Å². The number of sulfonamides is 1. The van der Waals surface area contributed by atoms with E-state index in [4.69, 9.17) is 5.73 Å². The zero-order chi connectivity index (χ0) is 16.8. The molecule has 0 aliphatic rings. The number of aryl methyl sites for hydroxylation is 1. The van der Waals surface area contributed by atoms with Crippen molar-refractivity contribution in [3.8, 4) is 11.3 Å². The van der Waals surface area contributed by atoms with E-state index in [9.17, 15) is 12.8 Å². The van der Waals surface area contributed by atoms with Gasteiger partial charge in [0.25, 0.3) is 0 Å². The minimum Gasteiger partial charge on any atom is -0.383 e. The van der Waals surface area contributed by atoms with Crippen LogP contribution in [-0.4, -0.2) is 34.4 Å². The van der Waals surface area contributed by atoms with E-state index in [1.807, 2.05) is 0 Å². The molecule has 2 heterocycles. The molecule has 0 saturated heterocycles. The smallest absolute Gasteiger partial charge is 0.229 e. The highest BCUT2D eigenvalue weighted by Crippen LogP contribution is 2.31. The monoisotopic (exact) mass is 336 g/mol. The van der Waals surface area contributed by atoms with Crippen LogP contribution in [-0.2, 0) is 17.1 Å². The van der Waals surface area contributed by atoms with E-state index in [1.54, 1.807) is 7.05 Å². The molecule has 0 fully saturated rings. The Bertz CT molecular complexity index is 1010. The number of anilines is 2. The van der Waals surface area contributed by atoms with Gasteiger partial charge in [-0.3, -0.25) is 4.72 Å². The number of rotatable bonds is 3. The summed E-state index contributed by atoms with van der Waals surface area (Å²) in [6.45, 7) is 0. The molecule has 0 amide bonds. The molecule has 3 aromatic rings. The molecule has 0 aliphatic heterocycles. The third-order valence-electron chi connectivity index (χ3n) is 3.12. The van der Waals surface area contributed by atoms with Gasteiger partial charge in [0.05, 0.1) is 17.3 Å². The molecule has 3 N–H and O–H groups in total. The molecular weight excluding hydrogens is 323 g/mol. The first-order chi connectivity index (χ1) is 10.7. The van der Waals surface area contributed by atoms with Crippen molar-refractivity contribution in [1.82, 2.24) is 19.7 Å². The van der Waals surface area contributed by atoms with Crippen molar-refractivity contribution in [3.63, 3.8) is 0 Å². The quantitative estimate of drug-likeness (QED) is 0.740. The standard InChI is InChI=1S/C13H13FN6O2S/c1-20-13-10(12(15)16-6-17-13)11(18-20)7-3-8(14)5-9(4-7)19-23(2,21)22/h3-6,19H,1-2H3,(H2,15,16,17). The molecular formula is C13H13FN6O2S. The average Bonchev–Trinajstić information content (AvgIpc) is 2.75. The molecule has 1 aromatic carbocycles. The van der Waals surface area contributed by atoms with Crippen LogP contribution >= 0.6 is 0 Å². The first-order valence-corrected chi connectivity index (χ1v) is 8.35. The number of hydrogen-bond donors (Lipinski definition) is 2. The number of halogens is 1. The van der Waals surface area contributed by atoms with Gasteiger partial charge in [0.15, 0.2) is 5.65 Å². The lowest BCUT2D eigenvalue weighted by Crippen LogP contribution is -2.09. The van der Waals surface area contributed by atoms with Crippen LogP contribution in [0.2, 0.25) is 0 Å². The number of aromatic nitrogens is 4. The van der Waals surface area contributed by atoms with Crippen LogP contribution in [0.1, 0.15) is 0 Å². The van der Waals surface area contributed by atoms with Crippen molar-refractivity contribution in [1.29, 1.82) is 0 Å². The summed E-state index contributed by atoms with van der Waals surface area (Å²) < 4.78 is 40.3. The Morgan fingerprint density at radius 3 is 2.70 bits per heavy atom. The highest BCUT2D eigenvalue weighted by molar-refractivity contribution is 7.92. The lowest BCUT2D eigenvalue weighted by molar-refractivity contribution is 0.606. The number of nitrogens with one attached hydrogen (secondary N) is 1. The normalized spacial score (nSPS) is 11.8. The molecule has 0 bridgehead atoms. The fraction of sp³-hybridized carbons (Fsp3) is 0.154. The Kier molecular flexibility index (Phi) is 3.40. The van der Waals surface area contributed by atoms with Gasteiger partial charge >= 0.3 is 0 Å². The van der Waals surface area contributed by atoms with E-state index in [0.717, 1.165) is 12.3 Å². The van der Waals surface area contributed by atoms with Gasteiger partial charge < -0.3 is 5.73 Å². The average molecular weight is 336 g/mol. The number of benzene rings is 1. The molecule has 0 unspecified atom stereocenters. The third kappa shape index (κ3) is 2.93. The zero-order valence-electron chi connectivity index (χ0n) is 12.3. The second-order valence-corrected chi connectivity index (χ2v) is 6.78. The van der Waals surface area contributed by atoms with Gasteiger partial charge in [-0.05, 0) is 18.2 Å². The van der Waals surface area contributed by atoms with E-state index in [-0.39, 0.29) is 11.5 Å². The zero-order valence-corrected chi connectivity index (χ0v) is 13.1. The Morgan fingerprint density at radius 2 is 2.00 bits per heavy atom. The summed E-state index contributed by atoms with van der Waals surface area (Å²) in [5, 5.41) is 4.77. The molecule has 8 nitrogen and oxygen atoms in total. The van der Waals surface area contributed by atoms with Crippen LogP contribution in [0.15, 0.2) is 24.5 Å².